The van der Waals surface area contributed by atoms with E-state index < -0.39 is 0 Å². The molecule has 0 fully saturated rings. The molecule has 4 aromatic rings. The lowest BCUT2D eigenvalue weighted by atomic mass is 10.2. The molecular weight excluding hydrogens is 330 g/mol. The fourth-order valence-corrected chi connectivity index (χ4v) is 3.45. The van der Waals surface area contributed by atoms with Gasteiger partial charge in [0.15, 0.2) is 5.52 Å². The summed E-state index contributed by atoms with van der Waals surface area (Å²) in [6, 6.07) is 11.2. The first kappa shape index (κ1) is 13.9. The first-order chi connectivity index (χ1) is 11.2. The molecule has 5 nitrogen and oxygen atoms in total. The Kier molecular flexibility index (Phi) is 3.30. The topological polar surface area (TPSA) is 55.1 Å². The van der Waals surface area contributed by atoms with Crippen molar-refractivity contribution in [1.29, 1.82) is 0 Å². The molecule has 2 heterocycles. The van der Waals surface area contributed by atoms with Crippen molar-refractivity contribution in [2.24, 2.45) is 0 Å². The number of hydrogen-bond donors (Lipinski definition) is 1. The zero-order valence-electron chi connectivity index (χ0n) is 11.6. The fourth-order valence-electron chi connectivity index (χ4n) is 2.37. The van der Waals surface area contributed by atoms with Crippen LogP contribution in [0, 0.1) is 6.57 Å². The average molecular weight is 338 g/mol. The molecule has 0 spiro atoms. The molecule has 7 heteroatoms. The molecule has 0 saturated heterocycles. The minimum Gasteiger partial charge on any atom is -0.351 e. The van der Waals surface area contributed by atoms with Gasteiger partial charge in [-0.05, 0) is 30.3 Å². The monoisotopic (exact) mass is 337 g/mol. The molecule has 0 atom stereocenters. The van der Waals surface area contributed by atoms with Gasteiger partial charge in [-0.2, -0.15) is 0 Å². The number of aromatic nitrogens is 3. The summed E-state index contributed by atoms with van der Waals surface area (Å²) in [5.41, 5.74) is 2.42. The van der Waals surface area contributed by atoms with Crippen LogP contribution >= 0.6 is 22.9 Å². The van der Waals surface area contributed by atoms with Crippen molar-refractivity contribution >= 4 is 60.7 Å². The van der Waals surface area contributed by atoms with Crippen LogP contribution in [0.15, 0.2) is 42.7 Å². The number of thiazole rings is 1. The Hall–Kier alpha value is -2.75. The van der Waals surface area contributed by atoms with Crippen LogP contribution in [-0.2, 0) is 0 Å². The van der Waals surface area contributed by atoms with Crippen molar-refractivity contribution in [2.75, 3.05) is 5.32 Å². The molecule has 0 amide bonds. The number of rotatable bonds is 2. The van der Waals surface area contributed by atoms with Gasteiger partial charge in [-0.15, -0.1) is 16.3 Å². The summed E-state index contributed by atoms with van der Waals surface area (Å²) in [7, 11) is 0. The van der Waals surface area contributed by atoms with E-state index in [1.165, 1.54) is 17.7 Å². The number of nitrogens with zero attached hydrogens (tertiary/aromatic N) is 4. The normalized spacial score (nSPS) is 10.8. The van der Waals surface area contributed by atoms with Gasteiger partial charge < -0.3 is 10.2 Å². The molecule has 4 rings (SSSR count). The lowest BCUT2D eigenvalue weighted by Gasteiger charge is -2.08. The van der Waals surface area contributed by atoms with E-state index in [-0.39, 0.29) is 0 Å². The number of anilines is 2. The molecular formula is C16H8ClN5S. The molecule has 0 radical (unpaired) electrons. The number of nitrogens with one attached hydrogen (secondary N) is 1. The van der Waals surface area contributed by atoms with Gasteiger partial charge in [0.1, 0.15) is 12.1 Å². The second-order valence-corrected chi connectivity index (χ2v) is 6.19. The quantitative estimate of drug-likeness (QED) is 0.511. The Morgan fingerprint density at radius 2 is 2.00 bits per heavy atom. The van der Waals surface area contributed by atoms with Crippen molar-refractivity contribution < 1.29 is 0 Å². The van der Waals surface area contributed by atoms with Crippen molar-refractivity contribution in [3.05, 3.63) is 59.2 Å². The zero-order valence-corrected chi connectivity index (χ0v) is 13.2. The maximum Gasteiger partial charge on any atom is 0.330 e. The van der Waals surface area contributed by atoms with E-state index in [0.29, 0.717) is 16.0 Å². The molecule has 0 aliphatic rings. The number of hydrogen-bond acceptors (Lipinski definition) is 5. The third kappa shape index (κ3) is 2.46. The Bertz CT molecular complexity index is 1080. The van der Waals surface area contributed by atoms with Crippen molar-refractivity contribution in [3.8, 4) is 0 Å². The summed E-state index contributed by atoms with van der Waals surface area (Å²) >= 11 is 7.38. The fraction of sp³-hybridized carbons (Fsp3) is 0. The van der Waals surface area contributed by atoms with E-state index in [4.69, 9.17) is 18.2 Å². The summed E-state index contributed by atoms with van der Waals surface area (Å²) in [5.74, 6) is 0.669. The van der Waals surface area contributed by atoms with Gasteiger partial charge >= 0.3 is 5.13 Å². The first-order valence-electron chi connectivity index (χ1n) is 6.69. The van der Waals surface area contributed by atoms with Gasteiger partial charge in [-0.3, -0.25) is 0 Å². The minimum absolute atomic E-state index is 0.407. The molecule has 1 N–H and O–H groups in total. The number of halogens is 1. The van der Waals surface area contributed by atoms with Crippen LogP contribution < -0.4 is 5.32 Å². The standard InChI is InChI=1S/C16H8ClN5S/c1-18-16-22-12-6-5-11-13(14(12)23-16)15(20-8-19-11)21-10-4-2-3-9(17)7-10/h2-8H,(H,19,20,21). The van der Waals surface area contributed by atoms with Gasteiger partial charge in [0, 0.05) is 10.7 Å². The smallest absolute Gasteiger partial charge is 0.330 e. The highest BCUT2D eigenvalue weighted by Crippen LogP contribution is 2.37. The number of fused-ring (bicyclic) bond motifs is 3. The Morgan fingerprint density at radius 1 is 1.13 bits per heavy atom. The van der Waals surface area contributed by atoms with E-state index in [1.54, 1.807) is 0 Å². The second-order valence-electron chi connectivity index (χ2n) is 4.77. The largest absolute Gasteiger partial charge is 0.351 e. The van der Waals surface area contributed by atoms with Crippen LogP contribution in [0.25, 0.3) is 26.0 Å². The molecule has 23 heavy (non-hydrogen) atoms. The van der Waals surface area contributed by atoms with E-state index in [0.717, 1.165) is 26.8 Å². The average Bonchev–Trinajstić information content (AvgIpc) is 2.98. The molecule has 2 aromatic carbocycles. The van der Waals surface area contributed by atoms with Gasteiger partial charge in [-0.1, -0.05) is 24.2 Å². The van der Waals surface area contributed by atoms with Crippen molar-refractivity contribution in [1.82, 2.24) is 15.0 Å². The third-order valence-electron chi connectivity index (χ3n) is 3.33. The minimum atomic E-state index is 0.407. The van der Waals surface area contributed by atoms with E-state index in [1.807, 2.05) is 36.4 Å². The van der Waals surface area contributed by atoms with Crippen LogP contribution in [0.4, 0.5) is 16.6 Å². The molecule has 0 unspecified atom stereocenters. The van der Waals surface area contributed by atoms with Gasteiger partial charge in [0.05, 0.1) is 15.6 Å². The highest BCUT2D eigenvalue weighted by molar-refractivity contribution is 7.23. The van der Waals surface area contributed by atoms with Gasteiger partial charge in [0.2, 0.25) is 0 Å². The summed E-state index contributed by atoms with van der Waals surface area (Å²) in [5, 5.41) is 5.18. The van der Waals surface area contributed by atoms with Crippen LogP contribution in [0.2, 0.25) is 5.02 Å². The Morgan fingerprint density at radius 3 is 2.83 bits per heavy atom. The first-order valence-corrected chi connectivity index (χ1v) is 7.88. The van der Waals surface area contributed by atoms with Crippen LogP contribution in [0.3, 0.4) is 0 Å². The van der Waals surface area contributed by atoms with Crippen molar-refractivity contribution in [2.45, 2.75) is 0 Å². The predicted octanol–water partition coefficient (Wildman–Crippen LogP) is 5.19. The van der Waals surface area contributed by atoms with E-state index in [2.05, 4.69) is 25.1 Å². The SMILES string of the molecule is [C-]#[N+]c1nc2ccc3ncnc(Nc4cccc(Cl)c4)c3c2s1. The summed E-state index contributed by atoms with van der Waals surface area (Å²) in [6.07, 6.45) is 1.51. The maximum atomic E-state index is 7.15. The summed E-state index contributed by atoms with van der Waals surface area (Å²) in [4.78, 5) is 16.4. The predicted molar refractivity (Wildman–Crippen MR) is 93.7 cm³/mol. The summed E-state index contributed by atoms with van der Waals surface area (Å²) < 4.78 is 0.902. The Balaban J connectivity index is 1.95. The third-order valence-corrected chi connectivity index (χ3v) is 4.55. The van der Waals surface area contributed by atoms with Gasteiger partial charge in [0.25, 0.3) is 0 Å². The van der Waals surface area contributed by atoms with E-state index in [9.17, 15) is 0 Å². The van der Waals surface area contributed by atoms with Crippen LogP contribution in [0.1, 0.15) is 0 Å². The molecule has 0 saturated carbocycles. The molecule has 0 bridgehead atoms. The maximum absolute atomic E-state index is 7.15. The molecule has 0 aliphatic heterocycles. The second kappa shape index (κ2) is 5.47. The summed E-state index contributed by atoms with van der Waals surface area (Å²) in [6.45, 7) is 7.15. The highest BCUT2D eigenvalue weighted by atomic mass is 35.5. The molecule has 110 valence electrons. The van der Waals surface area contributed by atoms with Crippen LogP contribution in [-0.4, -0.2) is 15.0 Å². The highest BCUT2D eigenvalue weighted by Gasteiger charge is 2.14. The van der Waals surface area contributed by atoms with Crippen molar-refractivity contribution in [3.63, 3.8) is 0 Å². The van der Waals surface area contributed by atoms with Gasteiger partial charge in [-0.25, -0.2) is 9.97 Å². The molecule has 2 aromatic heterocycles. The lowest BCUT2D eigenvalue weighted by Crippen LogP contribution is -1.96. The zero-order chi connectivity index (χ0) is 15.8. The van der Waals surface area contributed by atoms with E-state index >= 15 is 0 Å². The Labute approximate surface area is 140 Å². The lowest BCUT2D eigenvalue weighted by molar-refractivity contribution is 1.22. The molecule has 0 aliphatic carbocycles. The number of benzene rings is 2. The van der Waals surface area contributed by atoms with Crippen LogP contribution in [0.5, 0.6) is 0 Å².